The van der Waals surface area contributed by atoms with E-state index in [0.717, 1.165) is 54.8 Å². The Kier molecular flexibility index (Phi) is 11.2. The SMILES string of the molecule is CI(C)N1CCCC(OC(=O)Nc2cc(CCCC(=O)Nc3ccc(C=O)c(C(F)(F)F)c3)ccc2-c2ccccc2)C1. The number of rotatable bonds is 10. The van der Waals surface area contributed by atoms with Crippen molar-refractivity contribution < 1.29 is 32.3 Å². The molecule has 1 aliphatic rings. The van der Waals surface area contributed by atoms with E-state index in [2.05, 4.69) is 23.6 Å². The van der Waals surface area contributed by atoms with E-state index in [1.807, 2.05) is 48.5 Å². The van der Waals surface area contributed by atoms with Gasteiger partial charge in [0, 0.05) is 11.3 Å². The van der Waals surface area contributed by atoms with Crippen LogP contribution in [0.4, 0.5) is 29.3 Å². The van der Waals surface area contributed by atoms with Crippen molar-refractivity contribution in [2.45, 2.75) is 44.4 Å². The zero-order valence-corrected chi connectivity index (χ0v) is 26.2. The molecule has 3 aromatic carbocycles. The summed E-state index contributed by atoms with van der Waals surface area (Å²) in [5.74, 6) is -0.443. The number of carbonyl (C=O) groups is 3. The Labute approximate surface area is 256 Å². The van der Waals surface area contributed by atoms with Gasteiger partial charge in [-0.15, -0.1) is 0 Å². The van der Waals surface area contributed by atoms with Crippen molar-refractivity contribution in [1.29, 1.82) is 0 Å². The summed E-state index contributed by atoms with van der Waals surface area (Å²) in [6.07, 6.45) is -2.41. The molecule has 1 saturated heterocycles. The number of aldehydes is 1. The van der Waals surface area contributed by atoms with Gasteiger partial charge in [0.05, 0.1) is 5.56 Å². The molecule has 1 atom stereocenters. The number of alkyl halides is 5. The number of piperidine rings is 1. The summed E-state index contributed by atoms with van der Waals surface area (Å²) in [5.41, 5.74) is 1.62. The molecule has 0 radical (unpaired) electrons. The van der Waals surface area contributed by atoms with Crippen LogP contribution in [0.2, 0.25) is 0 Å². The molecule has 2 amide bonds. The Hall–Kier alpha value is -3.45. The maximum atomic E-state index is 13.2. The number of ether oxygens (including phenoxy) is 1. The topological polar surface area (TPSA) is 87.7 Å². The number of nitrogens with zero attached hydrogens (tertiary/aromatic N) is 1. The van der Waals surface area contributed by atoms with Crippen molar-refractivity contribution in [2.75, 3.05) is 33.6 Å². The van der Waals surface area contributed by atoms with E-state index < -0.39 is 49.4 Å². The predicted molar refractivity (Wildman–Crippen MR) is 171 cm³/mol. The van der Waals surface area contributed by atoms with Gasteiger partial charge in [-0.1, -0.05) is 0 Å². The molecule has 11 heteroatoms. The number of benzene rings is 3. The first-order valence-corrected chi connectivity index (χ1v) is 19.2. The summed E-state index contributed by atoms with van der Waals surface area (Å²) in [6.45, 7) is 1.82. The number of amides is 2. The molecule has 230 valence electrons. The molecule has 0 saturated carbocycles. The molecular weight excluding hydrogens is 674 g/mol. The number of anilines is 2. The second-order valence-electron chi connectivity index (χ2n) is 10.4. The standard InChI is InChI=1S/C32H35F3IN3O4/c1-36(2)39-17-7-11-26(20-39)43-31(42)38-29-18-22(13-16-27(29)23-9-4-3-5-10-23)8-6-12-30(41)37-25-15-14-24(21-40)28(19-25)32(33,34)35/h3-5,9-10,13-16,18-19,21,26H,6-8,11-12,17,20H2,1-2H3,(H,37,41)(H,38,42). The van der Waals surface area contributed by atoms with Crippen LogP contribution in [0.1, 0.15) is 47.2 Å². The normalized spacial score (nSPS) is 15.8. The molecule has 1 fully saturated rings. The van der Waals surface area contributed by atoms with Crippen LogP contribution in [-0.4, -0.2) is 50.5 Å². The van der Waals surface area contributed by atoms with Crippen LogP contribution in [0.5, 0.6) is 0 Å². The molecule has 3 aromatic rings. The van der Waals surface area contributed by atoms with E-state index >= 15 is 0 Å². The summed E-state index contributed by atoms with van der Waals surface area (Å²) >= 11 is -1.15. The fourth-order valence-corrected chi connectivity index (χ4v) is 7.50. The summed E-state index contributed by atoms with van der Waals surface area (Å²) in [7, 11) is 0. The maximum absolute atomic E-state index is 13.2. The Morgan fingerprint density at radius 1 is 1.05 bits per heavy atom. The molecular formula is C32H35F3IN3O4. The Bertz CT molecular complexity index is 1430. The Balaban J connectivity index is 1.40. The summed E-state index contributed by atoms with van der Waals surface area (Å²) in [5, 5.41) is 5.42. The average molecular weight is 710 g/mol. The van der Waals surface area contributed by atoms with Crippen LogP contribution in [0, 0.1) is 0 Å². The minimum atomic E-state index is -4.71. The third-order valence-corrected chi connectivity index (χ3v) is 10.7. The van der Waals surface area contributed by atoms with Gasteiger partial charge in [-0.3, -0.25) is 9.59 Å². The summed E-state index contributed by atoms with van der Waals surface area (Å²) in [6, 6.07) is 18.4. The van der Waals surface area contributed by atoms with Crippen LogP contribution in [0.15, 0.2) is 66.7 Å². The molecule has 43 heavy (non-hydrogen) atoms. The van der Waals surface area contributed by atoms with Crippen molar-refractivity contribution in [3.8, 4) is 11.1 Å². The molecule has 0 aromatic heterocycles. The van der Waals surface area contributed by atoms with Crippen molar-refractivity contribution in [3.05, 3.63) is 83.4 Å². The second kappa shape index (κ2) is 14.8. The van der Waals surface area contributed by atoms with Gasteiger partial charge < -0.3 is 5.32 Å². The van der Waals surface area contributed by atoms with Crippen LogP contribution in [-0.2, 0) is 22.1 Å². The average Bonchev–Trinajstić information content (AvgIpc) is 2.97. The van der Waals surface area contributed by atoms with Crippen LogP contribution in [0.3, 0.4) is 0 Å². The summed E-state index contributed by atoms with van der Waals surface area (Å²) in [4.78, 5) is 41.0. The molecule has 1 aliphatic heterocycles. The van der Waals surface area contributed by atoms with Crippen molar-refractivity contribution in [2.24, 2.45) is 0 Å². The molecule has 0 bridgehead atoms. The fourth-order valence-electron chi connectivity index (χ4n) is 4.97. The van der Waals surface area contributed by atoms with Crippen molar-refractivity contribution in [1.82, 2.24) is 3.11 Å². The number of hydrogen-bond donors (Lipinski definition) is 2. The predicted octanol–water partition coefficient (Wildman–Crippen LogP) is 7.84. The monoisotopic (exact) mass is 709 g/mol. The van der Waals surface area contributed by atoms with Gasteiger partial charge in [-0.2, -0.15) is 13.2 Å². The molecule has 0 aliphatic carbocycles. The number of hydrogen-bond acceptors (Lipinski definition) is 5. The van der Waals surface area contributed by atoms with Gasteiger partial charge in [0.15, 0.2) is 6.29 Å². The Morgan fingerprint density at radius 3 is 2.51 bits per heavy atom. The van der Waals surface area contributed by atoms with E-state index in [1.165, 1.54) is 6.07 Å². The molecule has 1 unspecified atom stereocenters. The fraction of sp³-hybridized carbons (Fsp3) is 0.344. The minimum absolute atomic E-state index is 0.0303. The third-order valence-electron chi connectivity index (χ3n) is 7.12. The zero-order chi connectivity index (χ0) is 31.0. The van der Waals surface area contributed by atoms with Crippen molar-refractivity contribution in [3.63, 3.8) is 0 Å². The van der Waals surface area contributed by atoms with Gasteiger partial charge in [0.25, 0.3) is 0 Å². The molecule has 2 N–H and O–H groups in total. The van der Waals surface area contributed by atoms with Gasteiger partial charge in [0.1, 0.15) is 0 Å². The number of nitrogens with one attached hydrogen (secondary N) is 2. The third kappa shape index (κ3) is 9.27. The van der Waals surface area contributed by atoms with Crippen LogP contribution in [0.25, 0.3) is 11.1 Å². The van der Waals surface area contributed by atoms with Gasteiger partial charge in [-0.05, 0) is 18.2 Å². The zero-order valence-electron chi connectivity index (χ0n) is 24.0. The molecule has 7 nitrogen and oxygen atoms in total. The molecule has 0 spiro atoms. The number of carbonyl (C=O) groups excluding carboxylic acids is 3. The van der Waals surface area contributed by atoms with E-state index in [-0.39, 0.29) is 24.5 Å². The first-order valence-electron chi connectivity index (χ1n) is 13.9. The first kappa shape index (κ1) is 32.5. The number of halogens is 4. The number of aryl methyl sites for hydroxylation is 1. The van der Waals surface area contributed by atoms with Gasteiger partial charge in [-0.25, -0.2) is 0 Å². The van der Waals surface area contributed by atoms with E-state index in [4.69, 9.17) is 4.74 Å². The molecule has 4 rings (SSSR count). The summed E-state index contributed by atoms with van der Waals surface area (Å²) < 4.78 is 48.0. The van der Waals surface area contributed by atoms with E-state index in [9.17, 15) is 27.6 Å². The molecule has 1 heterocycles. The van der Waals surface area contributed by atoms with E-state index in [0.29, 0.717) is 18.5 Å². The van der Waals surface area contributed by atoms with Crippen molar-refractivity contribution >= 4 is 49.8 Å². The second-order valence-corrected chi connectivity index (χ2v) is 15.9. The van der Waals surface area contributed by atoms with Crippen LogP contribution < -0.4 is 10.6 Å². The van der Waals surface area contributed by atoms with Crippen LogP contribution >= 0.6 is 20.1 Å². The first-order chi connectivity index (χ1) is 20.5. The van der Waals surface area contributed by atoms with Gasteiger partial charge >= 0.3 is 182 Å². The Morgan fingerprint density at radius 2 is 1.81 bits per heavy atom. The van der Waals surface area contributed by atoms with E-state index in [1.54, 1.807) is 0 Å². The quantitative estimate of drug-likeness (QED) is 0.0970. The van der Waals surface area contributed by atoms with Gasteiger partial charge in [0.2, 0.25) is 5.91 Å².